The van der Waals surface area contributed by atoms with Crippen LogP contribution in [-0.4, -0.2) is 4.92 Å². The van der Waals surface area contributed by atoms with Gasteiger partial charge in [-0.1, -0.05) is 26.3 Å². The van der Waals surface area contributed by atoms with E-state index in [-0.39, 0.29) is 5.69 Å². The van der Waals surface area contributed by atoms with Crippen molar-refractivity contribution >= 4 is 43.2 Å². The summed E-state index contributed by atoms with van der Waals surface area (Å²) in [5.41, 5.74) is 2.26. The summed E-state index contributed by atoms with van der Waals surface area (Å²) < 4.78 is 7.08. The maximum Gasteiger partial charge on any atom is 0.271 e. The van der Waals surface area contributed by atoms with Crippen molar-refractivity contribution in [2.75, 3.05) is 5.32 Å². The highest BCUT2D eigenvalue weighted by molar-refractivity contribution is 9.11. The Morgan fingerprint density at radius 1 is 1.27 bits per heavy atom. The number of nitro groups is 1. The van der Waals surface area contributed by atoms with Gasteiger partial charge in [-0.3, -0.25) is 10.1 Å². The average molecular weight is 482 g/mol. The van der Waals surface area contributed by atoms with E-state index in [1.807, 2.05) is 24.4 Å². The Bertz CT molecular complexity index is 860. The third kappa shape index (κ3) is 3.78. The second-order valence-electron chi connectivity index (χ2n) is 6.26. The van der Waals surface area contributed by atoms with Gasteiger partial charge in [-0.25, -0.2) is 0 Å². The Balaban J connectivity index is 1.94. The second kappa shape index (κ2) is 7.80. The molecular formula is C19H18Br2N2O3. The maximum absolute atomic E-state index is 11.0. The average Bonchev–Trinajstić information content (AvgIpc) is 2.63. The molecular weight excluding hydrogens is 464 g/mol. The molecule has 0 radical (unpaired) electrons. The summed E-state index contributed by atoms with van der Waals surface area (Å²) in [7, 11) is 0. The Labute approximate surface area is 168 Å². The lowest BCUT2D eigenvalue weighted by Gasteiger charge is -2.27. The number of allylic oxidation sites excluding steroid dienone is 1. The van der Waals surface area contributed by atoms with E-state index in [4.69, 9.17) is 4.74 Å². The fourth-order valence-corrected chi connectivity index (χ4v) is 4.30. The monoisotopic (exact) mass is 480 g/mol. The van der Waals surface area contributed by atoms with Gasteiger partial charge in [0, 0.05) is 23.7 Å². The van der Waals surface area contributed by atoms with Crippen LogP contribution in [0.4, 0.5) is 11.4 Å². The smallest absolute Gasteiger partial charge is 0.271 e. The number of fused-ring (bicyclic) bond motifs is 1. The predicted octanol–water partition coefficient (Wildman–Crippen LogP) is 6.98. The van der Waals surface area contributed by atoms with Crippen LogP contribution in [0.5, 0.6) is 11.5 Å². The lowest BCUT2D eigenvalue weighted by atomic mass is 9.83. The third-order valence-electron chi connectivity index (χ3n) is 4.60. The number of rotatable bonds is 5. The number of non-ortho nitro benzene ring substituents is 1. The zero-order valence-corrected chi connectivity index (χ0v) is 17.5. The molecule has 2 atom stereocenters. The summed E-state index contributed by atoms with van der Waals surface area (Å²) in [6.45, 7) is 4.42. The van der Waals surface area contributed by atoms with E-state index in [1.54, 1.807) is 0 Å². The predicted molar refractivity (Wildman–Crippen MR) is 110 cm³/mol. The van der Waals surface area contributed by atoms with Gasteiger partial charge in [0.1, 0.15) is 5.75 Å². The van der Waals surface area contributed by atoms with Gasteiger partial charge in [-0.15, -0.1) is 0 Å². The summed E-state index contributed by atoms with van der Waals surface area (Å²) >= 11 is 6.72. The van der Waals surface area contributed by atoms with Crippen LogP contribution >= 0.6 is 31.9 Å². The first-order chi connectivity index (χ1) is 12.4. The summed E-state index contributed by atoms with van der Waals surface area (Å²) in [5, 5.41) is 14.2. The van der Waals surface area contributed by atoms with Gasteiger partial charge in [0.15, 0.2) is 5.75 Å². The second-order valence-corrected chi connectivity index (χ2v) is 7.97. The van der Waals surface area contributed by atoms with E-state index in [0.717, 1.165) is 12.1 Å². The quantitative estimate of drug-likeness (QED) is 0.369. The van der Waals surface area contributed by atoms with Gasteiger partial charge in [-0.2, -0.15) is 0 Å². The van der Waals surface area contributed by atoms with Gasteiger partial charge in [-0.05, 0) is 67.7 Å². The number of benzene rings is 2. The molecule has 5 nitrogen and oxygen atoms in total. The topological polar surface area (TPSA) is 64.4 Å². The van der Waals surface area contributed by atoms with Crippen LogP contribution in [0.3, 0.4) is 0 Å². The summed E-state index contributed by atoms with van der Waals surface area (Å²) in [5.74, 6) is 2.03. The largest absolute Gasteiger partial charge is 0.455 e. The normalized spacial score (nSPS) is 16.5. The molecule has 0 bridgehead atoms. The van der Waals surface area contributed by atoms with Crippen LogP contribution in [0.2, 0.25) is 0 Å². The van der Waals surface area contributed by atoms with E-state index in [2.05, 4.69) is 57.1 Å². The Morgan fingerprint density at radius 3 is 2.58 bits per heavy atom. The zero-order chi connectivity index (χ0) is 18.8. The summed E-state index contributed by atoms with van der Waals surface area (Å²) in [4.78, 5) is 10.5. The Kier molecular flexibility index (Phi) is 5.67. The number of hydrogen-bond donors (Lipinski definition) is 1. The number of anilines is 1. The van der Waals surface area contributed by atoms with Gasteiger partial charge >= 0.3 is 0 Å². The minimum atomic E-state index is -0.438. The molecule has 0 spiro atoms. The van der Waals surface area contributed by atoms with E-state index in [1.165, 1.54) is 17.7 Å². The van der Waals surface area contributed by atoms with Crippen LogP contribution < -0.4 is 10.1 Å². The standard InChI is InChI=1S/C19H18Br2N2O3/c1-3-11(2)14-6-7-22-18-5-4-13(10-15(14)18)26-19-16(20)8-12(23(24)25)9-17(19)21/h4-11,14,22H,3H2,1-2H3. The highest BCUT2D eigenvalue weighted by Crippen LogP contribution is 2.42. The minimum Gasteiger partial charge on any atom is -0.455 e. The number of hydrogen-bond acceptors (Lipinski definition) is 4. The first-order valence-corrected chi connectivity index (χ1v) is 9.87. The highest BCUT2D eigenvalue weighted by atomic mass is 79.9. The first-order valence-electron chi connectivity index (χ1n) is 8.29. The van der Waals surface area contributed by atoms with Gasteiger partial charge in [0.25, 0.3) is 5.69 Å². The van der Waals surface area contributed by atoms with Crippen LogP contribution in [0.25, 0.3) is 0 Å². The first kappa shape index (κ1) is 18.9. The highest BCUT2D eigenvalue weighted by Gasteiger charge is 2.22. The molecule has 3 rings (SSSR count). The van der Waals surface area contributed by atoms with Crippen molar-refractivity contribution in [3.05, 3.63) is 67.2 Å². The lowest BCUT2D eigenvalue weighted by molar-refractivity contribution is -0.385. The molecule has 2 aromatic rings. The van der Waals surface area contributed by atoms with Crippen molar-refractivity contribution in [3.63, 3.8) is 0 Å². The Morgan fingerprint density at radius 2 is 1.96 bits per heavy atom. The molecule has 0 fully saturated rings. The fourth-order valence-electron chi connectivity index (χ4n) is 2.97. The van der Waals surface area contributed by atoms with Crippen molar-refractivity contribution in [1.82, 2.24) is 0 Å². The summed E-state index contributed by atoms with van der Waals surface area (Å²) in [6, 6.07) is 8.79. The maximum atomic E-state index is 11.0. The fraction of sp³-hybridized carbons (Fsp3) is 0.263. The molecule has 0 saturated heterocycles. The van der Waals surface area contributed by atoms with Gasteiger partial charge < -0.3 is 10.1 Å². The molecule has 0 aromatic heterocycles. The molecule has 1 aliphatic heterocycles. The molecule has 0 saturated carbocycles. The number of halogens is 2. The number of nitrogens with one attached hydrogen (secondary N) is 1. The van der Waals surface area contributed by atoms with Crippen molar-refractivity contribution in [2.24, 2.45) is 5.92 Å². The summed E-state index contributed by atoms with van der Waals surface area (Å²) in [6.07, 6.45) is 5.25. The van der Waals surface area contributed by atoms with Gasteiger partial charge in [0.05, 0.1) is 13.9 Å². The van der Waals surface area contributed by atoms with Crippen molar-refractivity contribution < 1.29 is 9.66 Å². The molecule has 1 heterocycles. The number of ether oxygens (including phenoxy) is 1. The molecule has 1 aliphatic rings. The van der Waals surface area contributed by atoms with Crippen LogP contribution in [-0.2, 0) is 0 Å². The van der Waals surface area contributed by atoms with E-state index >= 15 is 0 Å². The Hall–Kier alpha value is -1.86. The van der Waals surface area contributed by atoms with E-state index in [0.29, 0.717) is 32.3 Å². The van der Waals surface area contributed by atoms with Crippen molar-refractivity contribution in [3.8, 4) is 11.5 Å². The van der Waals surface area contributed by atoms with Crippen LogP contribution in [0.15, 0.2) is 51.6 Å². The number of nitro benzene ring substituents is 1. The molecule has 2 aromatic carbocycles. The molecule has 1 N–H and O–H groups in total. The number of nitrogens with zero attached hydrogens (tertiary/aromatic N) is 1. The van der Waals surface area contributed by atoms with Crippen LogP contribution in [0, 0.1) is 16.0 Å². The molecule has 0 aliphatic carbocycles. The molecule has 26 heavy (non-hydrogen) atoms. The minimum absolute atomic E-state index is 0.00675. The molecule has 0 amide bonds. The van der Waals surface area contributed by atoms with Crippen molar-refractivity contribution in [2.45, 2.75) is 26.2 Å². The van der Waals surface area contributed by atoms with E-state index in [9.17, 15) is 10.1 Å². The lowest BCUT2D eigenvalue weighted by Crippen LogP contribution is -2.13. The van der Waals surface area contributed by atoms with Gasteiger partial charge in [0.2, 0.25) is 0 Å². The van der Waals surface area contributed by atoms with Crippen molar-refractivity contribution in [1.29, 1.82) is 0 Å². The molecule has 7 heteroatoms. The SMILES string of the molecule is CCC(C)C1C=CNc2ccc(Oc3c(Br)cc([N+](=O)[O-])cc3Br)cc21. The van der Waals surface area contributed by atoms with Crippen LogP contribution in [0.1, 0.15) is 31.7 Å². The zero-order valence-electron chi connectivity index (χ0n) is 14.3. The molecule has 2 unspecified atom stereocenters. The third-order valence-corrected chi connectivity index (χ3v) is 5.77. The molecule has 136 valence electrons. The van der Waals surface area contributed by atoms with E-state index < -0.39 is 4.92 Å².